The highest BCUT2D eigenvalue weighted by Crippen LogP contribution is 2.20. The summed E-state index contributed by atoms with van der Waals surface area (Å²) in [7, 11) is 0. The Morgan fingerprint density at radius 1 is 1.04 bits per heavy atom. The quantitative estimate of drug-likeness (QED) is 0.519. The van der Waals surface area contributed by atoms with E-state index in [1.807, 2.05) is 31.2 Å². The first kappa shape index (κ1) is 14.8. The first-order valence-corrected chi connectivity index (χ1v) is 8.58. The molecule has 1 amide bonds. The van der Waals surface area contributed by atoms with Gasteiger partial charge in [-0.1, -0.05) is 12.1 Å². The Labute approximate surface area is 150 Å². The summed E-state index contributed by atoms with van der Waals surface area (Å²) in [5.74, 6) is 0.625. The number of anilines is 1. The second-order valence-electron chi connectivity index (χ2n) is 5.77. The van der Waals surface area contributed by atoms with Gasteiger partial charge in [-0.05, 0) is 37.3 Å². The number of aryl methyl sites for hydroxylation is 1. The summed E-state index contributed by atoms with van der Waals surface area (Å²) in [4.78, 5) is 21.5. The number of rotatable bonds is 2. The second kappa shape index (κ2) is 5.53. The van der Waals surface area contributed by atoms with Crippen molar-refractivity contribution >= 4 is 51.2 Å². The number of nitrogens with zero attached hydrogens (tertiary/aromatic N) is 6. The van der Waals surface area contributed by atoms with E-state index in [9.17, 15) is 4.79 Å². The number of amides is 1. The summed E-state index contributed by atoms with van der Waals surface area (Å²) >= 11 is 1.12. The molecule has 0 aliphatic carbocycles. The normalized spacial score (nSPS) is 11.4. The Hall–Kier alpha value is -3.46. The van der Waals surface area contributed by atoms with E-state index in [-0.39, 0.29) is 11.9 Å². The van der Waals surface area contributed by atoms with Crippen LogP contribution in [0.3, 0.4) is 0 Å². The molecule has 0 unspecified atom stereocenters. The van der Waals surface area contributed by atoms with Crippen molar-refractivity contribution in [2.45, 2.75) is 6.92 Å². The van der Waals surface area contributed by atoms with Crippen molar-refractivity contribution in [3.05, 3.63) is 53.9 Å². The maximum absolute atomic E-state index is 12.5. The molecule has 126 valence electrons. The van der Waals surface area contributed by atoms with Crippen molar-refractivity contribution in [2.75, 3.05) is 5.32 Å². The van der Waals surface area contributed by atoms with Crippen LogP contribution in [0.5, 0.6) is 0 Å². The number of nitrogens with one attached hydrogen (secondary N) is 1. The average Bonchev–Trinajstić information content (AvgIpc) is 3.28. The zero-order chi connectivity index (χ0) is 17.7. The molecule has 5 rings (SSSR count). The molecule has 26 heavy (non-hydrogen) atoms. The number of para-hydroxylation sites is 1. The topological polar surface area (TPSA) is 98.0 Å². The molecular weight excluding hydrogens is 350 g/mol. The Balaban J connectivity index is 1.55. The van der Waals surface area contributed by atoms with E-state index in [0.29, 0.717) is 22.6 Å². The third-order valence-corrected chi connectivity index (χ3v) is 4.64. The van der Waals surface area contributed by atoms with Crippen molar-refractivity contribution in [3.8, 4) is 0 Å². The van der Waals surface area contributed by atoms with Gasteiger partial charge < -0.3 is 0 Å². The van der Waals surface area contributed by atoms with Crippen LogP contribution >= 0.6 is 11.7 Å². The lowest BCUT2D eigenvalue weighted by molar-refractivity contribution is 0.102. The van der Waals surface area contributed by atoms with E-state index >= 15 is 0 Å². The molecule has 3 aromatic heterocycles. The largest absolute Gasteiger partial charge is 0.289 e. The number of benzene rings is 2. The molecule has 0 aliphatic heterocycles. The van der Waals surface area contributed by atoms with Crippen LogP contribution in [-0.2, 0) is 0 Å². The van der Waals surface area contributed by atoms with Crippen LogP contribution in [-0.4, -0.2) is 34.2 Å². The number of aromatic nitrogens is 6. The summed E-state index contributed by atoms with van der Waals surface area (Å²) in [6, 6.07) is 12.9. The summed E-state index contributed by atoms with van der Waals surface area (Å²) in [5.41, 5.74) is 3.43. The van der Waals surface area contributed by atoms with Crippen LogP contribution in [0.15, 0.2) is 42.5 Å². The standard InChI is InChI=1S/C17H11N7OS/c1-9-18-12-5-3-2-4-11(12)15-19-17(21-24(9)15)20-16(25)10-6-7-13-14(8-10)23-26-22-13/h2-8H,1H3,(H,20,21,25). The molecule has 0 bridgehead atoms. The Morgan fingerprint density at radius 3 is 2.81 bits per heavy atom. The highest BCUT2D eigenvalue weighted by Gasteiger charge is 2.14. The molecule has 0 spiro atoms. The molecule has 1 N–H and O–H groups in total. The number of hydrogen-bond acceptors (Lipinski definition) is 7. The van der Waals surface area contributed by atoms with E-state index in [4.69, 9.17) is 0 Å². The smallest absolute Gasteiger partial charge is 0.258 e. The molecule has 0 saturated heterocycles. The third kappa shape index (κ3) is 2.29. The molecular formula is C17H11N7OS. The number of fused-ring (bicyclic) bond motifs is 4. The van der Waals surface area contributed by atoms with Gasteiger partial charge in [-0.2, -0.15) is 18.2 Å². The SMILES string of the molecule is Cc1nc2ccccc2c2nc(NC(=O)c3ccc4nsnc4c3)nn12. The Kier molecular flexibility index (Phi) is 3.16. The van der Waals surface area contributed by atoms with Gasteiger partial charge >= 0.3 is 0 Å². The highest BCUT2D eigenvalue weighted by molar-refractivity contribution is 7.00. The Morgan fingerprint density at radius 2 is 1.88 bits per heavy atom. The van der Waals surface area contributed by atoms with E-state index in [1.54, 1.807) is 22.7 Å². The third-order valence-electron chi connectivity index (χ3n) is 4.08. The number of carbonyl (C=O) groups is 1. The first-order valence-electron chi connectivity index (χ1n) is 7.85. The minimum atomic E-state index is -0.300. The number of hydrogen-bond donors (Lipinski definition) is 1. The van der Waals surface area contributed by atoms with Gasteiger partial charge in [0.1, 0.15) is 16.9 Å². The van der Waals surface area contributed by atoms with Crippen LogP contribution in [0.4, 0.5) is 5.95 Å². The molecule has 0 radical (unpaired) electrons. The van der Waals surface area contributed by atoms with Gasteiger partial charge in [0.15, 0.2) is 5.65 Å². The van der Waals surface area contributed by atoms with Crippen LogP contribution in [0.2, 0.25) is 0 Å². The minimum Gasteiger partial charge on any atom is -0.289 e. The predicted octanol–water partition coefficient (Wildman–Crippen LogP) is 2.84. The maximum Gasteiger partial charge on any atom is 0.258 e. The summed E-state index contributed by atoms with van der Waals surface area (Å²) in [6.45, 7) is 1.85. The molecule has 2 aromatic carbocycles. The Bertz CT molecular complexity index is 1310. The first-order chi connectivity index (χ1) is 12.7. The molecule has 0 atom stereocenters. The molecule has 8 nitrogen and oxygen atoms in total. The number of carbonyl (C=O) groups excluding carboxylic acids is 1. The van der Waals surface area contributed by atoms with Gasteiger partial charge in [0.25, 0.3) is 5.91 Å². The van der Waals surface area contributed by atoms with Gasteiger partial charge in [-0.15, -0.1) is 5.10 Å². The van der Waals surface area contributed by atoms with Crippen LogP contribution in [0.25, 0.3) is 27.6 Å². The molecule has 3 heterocycles. The molecule has 9 heteroatoms. The zero-order valence-corrected chi connectivity index (χ0v) is 14.4. The molecule has 0 aliphatic rings. The van der Waals surface area contributed by atoms with Crippen molar-refractivity contribution in [2.24, 2.45) is 0 Å². The van der Waals surface area contributed by atoms with Gasteiger partial charge in [0.05, 0.1) is 17.2 Å². The fourth-order valence-electron chi connectivity index (χ4n) is 2.84. The van der Waals surface area contributed by atoms with E-state index < -0.39 is 0 Å². The molecule has 0 fully saturated rings. The summed E-state index contributed by atoms with van der Waals surface area (Å²) in [6.07, 6.45) is 0. The van der Waals surface area contributed by atoms with Crippen LogP contribution in [0.1, 0.15) is 16.2 Å². The van der Waals surface area contributed by atoms with E-state index in [2.05, 4.69) is 29.1 Å². The zero-order valence-electron chi connectivity index (χ0n) is 13.5. The maximum atomic E-state index is 12.5. The van der Waals surface area contributed by atoms with Gasteiger partial charge in [-0.3, -0.25) is 10.1 Å². The van der Waals surface area contributed by atoms with Crippen molar-refractivity contribution in [1.82, 2.24) is 28.3 Å². The van der Waals surface area contributed by atoms with Gasteiger partial charge in [0.2, 0.25) is 5.95 Å². The minimum absolute atomic E-state index is 0.229. The second-order valence-corrected chi connectivity index (χ2v) is 6.30. The van der Waals surface area contributed by atoms with E-state index in [1.165, 1.54) is 0 Å². The fraction of sp³-hybridized carbons (Fsp3) is 0.0588. The van der Waals surface area contributed by atoms with Crippen molar-refractivity contribution in [1.29, 1.82) is 0 Å². The van der Waals surface area contributed by atoms with Crippen LogP contribution in [0, 0.1) is 6.92 Å². The lowest BCUT2D eigenvalue weighted by Crippen LogP contribution is -2.13. The summed E-state index contributed by atoms with van der Waals surface area (Å²) in [5, 5.41) is 7.98. The van der Waals surface area contributed by atoms with Crippen molar-refractivity contribution in [3.63, 3.8) is 0 Å². The molecule has 0 saturated carbocycles. The lowest BCUT2D eigenvalue weighted by Gasteiger charge is -2.01. The van der Waals surface area contributed by atoms with Gasteiger partial charge in [0, 0.05) is 10.9 Å². The van der Waals surface area contributed by atoms with Crippen molar-refractivity contribution < 1.29 is 4.79 Å². The van der Waals surface area contributed by atoms with Crippen LogP contribution < -0.4 is 5.32 Å². The molecule has 5 aromatic rings. The highest BCUT2D eigenvalue weighted by atomic mass is 32.1. The fourth-order valence-corrected chi connectivity index (χ4v) is 3.36. The van der Waals surface area contributed by atoms with E-state index in [0.717, 1.165) is 28.1 Å². The lowest BCUT2D eigenvalue weighted by atomic mass is 10.2. The predicted molar refractivity (Wildman–Crippen MR) is 98.4 cm³/mol. The van der Waals surface area contributed by atoms with Gasteiger partial charge in [-0.25, -0.2) is 4.98 Å². The summed E-state index contributed by atoms with van der Waals surface area (Å²) < 4.78 is 9.92. The average molecular weight is 361 g/mol. The monoisotopic (exact) mass is 361 g/mol.